The Balaban J connectivity index is 1.72. The quantitative estimate of drug-likeness (QED) is 0.688. The fraction of sp³-hybridized carbons (Fsp3) is 0.333. The van der Waals surface area contributed by atoms with Crippen LogP contribution >= 0.6 is 0 Å². The Kier molecular flexibility index (Phi) is 6.78. The molecule has 3 rings (SSSR count). The minimum Gasteiger partial charge on any atom is -0.478 e. The number of esters is 1. The number of hydrogen-bond acceptors (Lipinski definition) is 7. The maximum absolute atomic E-state index is 12.9. The third kappa shape index (κ3) is 5.10. The van der Waals surface area contributed by atoms with Crippen molar-refractivity contribution in [1.29, 1.82) is 0 Å². The van der Waals surface area contributed by atoms with E-state index in [1.165, 1.54) is 0 Å². The molecule has 0 bridgehead atoms. The summed E-state index contributed by atoms with van der Waals surface area (Å²) in [6.07, 6.45) is 1.82. The molecular weight excluding hydrogens is 372 g/mol. The van der Waals surface area contributed by atoms with Gasteiger partial charge in [-0.2, -0.15) is 5.10 Å². The molecule has 1 N–H and O–H groups in total. The van der Waals surface area contributed by atoms with Gasteiger partial charge in [-0.1, -0.05) is 18.2 Å². The predicted molar refractivity (Wildman–Crippen MR) is 109 cm³/mol. The number of carbonyl (C=O) groups is 2. The number of nitrogens with one attached hydrogen (secondary N) is 1. The van der Waals surface area contributed by atoms with Gasteiger partial charge < -0.3 is 14.8 Å². The Labute approximate surface area is 169 Å². The molecule has 1 aromatic carbocycles. The number of anilines is 1. The van der Waals surface area contributed by atoms with Gasteiger partial charge in [0.1, 0.15) is 11.8 Å². The fourth-order valence-electron chi connectivity index (χ4n) is 2.97. The minimum absolute atomic E-state index is 0.181. The number of hydrogen-bond donors (Lipinski definition) is 1. The standard InChI is InChI=1S/C21H24N4O4/c1-3-28-19-12-15(10-11-22-19)14-23-20(26)18-13-17(21(27)29-4-2)24-25(18)16-8-6-5-7-9-16/h5-12,18H,3-4,13-14H2,1-2H3,(H,23,26). The predicted octanol–water partition coefficient (Wildman–Crippen LogP) is 2.29. The van der Waals surface area contributed by atoms with Crippen LogP contribution in [-0.2, 0) is 20.9 Å². The highest BCUT2D eigenvalue weighted by Crippen LogP contribution is 2.25. The van der Waals surface area contributed by atoms with Gasteiger partial charge in [-0.3, -0.25) is 9.80 Å². The number of benzene rings is 1. The molecule has 0 radical (unpaired) electrons. The van der Waals surface area contributed by atoms with E-state index >= 15 is 0 Å². The monoisotopic (exact) mass is 396 g/mol. The van der Waals surface area contributed by atoms with Crippen molar-refractivity contribution in [2.45, 2.75) is 32.9 Å². The zero-order valence-electron chi connectivity index (χ0n) is 16.5. The van der Waals surface area contributed by atoms with E-state index in [1.54, 1.807) is 24.2 Å². The zero-order chi connectivity index (χ0) is 20.6. The lowest BCUT2D eigenvalue weighted by atomic mass is 10.1. The molecule has 0 fully saturated rings. The second-order valence-electron chi connectivity index (χ2n) is 6.32. The van der Waals surface area contributed by atoms with Crippen LogP contribution in [0, 0.1) is 0 Å². The normalized spacial score (nSPS) is 15.6. The molecule has 1 aliphatic rings. The smallest absolute Gasteiger partial charge is 0.354 e. The van der Waals surface area contributed by atoms with Crippen LogP contribution in [0.5, 0.6) is 5.88 Å². The SMILES string of the molecule is CCOC(=O)C1=NN(c2ccccc2)C(C(=O)NCc2ccnc(OCC)c2)C1. The topological polar surface area (TPSA) is 93.1 Å². The molecule has 8 nitrogen and oxygen atoms in total. The molecule has 152 valence electrons. The van der Waals surface area contributed by atoms with Crippen molar-refractivity contribution in [3.05, 3.63) is 54.2 Å². The first-order chi connectivity index (χ1) is 14.1. The van der Waals surface area contributed by atoms with Crippen molar-refractivity contribution in [3.63, 3.8) is 0 Å². The van der Waals surface area contributed by atoms with Crippen molar-refractivity contribution in [2.75, 3.05) is 18.2 Å². The summed E-state index contributed by atoms with van der Waals surface area (Å²) >= 11 is 0. The Morgan fingerprint density at radius 2 is 1.97 bits per heavy atom. The van der Waals surface area contributed by atoms with Crippen LogP contribution in [0.3, 0.4) is 0 Å². The second kappa shape index (κ2) is 9.68. The highest BCUT2D eigenvalue weighted by molar-refractivity contribution is 6.38. The summed E-state index contributed by atoms with van der Waals surface area (Å²) in [4.78, 5) is 29.2. The molecule has 1 aliphatic heterocycles. The van der Waals surface area contributed by atoms with Gasteiger partial charge in [-0.05, 0) is 37.6 Å². The first-order valence-corrected chi connectivity index (χ1v) is 9.56. The van der Waals surface area contributed by atoms with E-state index in [0.29, 0.717) is 19.0 Å². The van der Waals surface area contributed by atoms with Crippen LogP contribution in [0.2, 0.25) is 0 Å². The number of para-hydroxylation sites is 1. The molecule has 1 aromatic heterocycles. The summed E-state index contributed by atoms with van der Waals surface area (Å²) < 4.78 is 10.4. The highest BCUT2D eigenvalue weighted by Gasteiger charge is 2.36. The summed E-state index contributed by atoms with van der Waals surface area (Å²) in [6.45, 7) is 4.71. The number of ether oxygens (including phenoxy) is 2. The second-order valence-corrected chi connectivity index (χ2v) is 6.32. The summed E-state index contributed by atoms with van der Waals surface area (Å²) in [5.41, 5.74) is 1.83. The molecule has 2 aromatic rings. The number of rotatable bonds is 8. The average Bonchev–Trinajstić information content (AvgIpc) is 3.19. The number of hydrazone groups is 1. The van der Waals surface area contributed by atoms with Crippen molar-refractivity contribution in [2.24, 2.45) is 5.10 Å². The van der Waals surface area contributed by atoms with E-state index < -0.39 is 12.0 Å². The number of aromatic nitrogens is 1. The van der Waals surface area contributed by atoms with Crippen LogP contribution < -0.4 is 15.1 Å². The lowest BCUT2D eigenvalue weighted by molar-refractivity contribution is -0.135. The molecule has 0 saturated heterocycles. The molecule has 8 heteroatoms. The lowest BCUT2D eigenvalue weighted by Gasteiger charge is -2.22. The molecule has 0 spiro atoms. The molecule has 0 aliphatic carbocycles. The summed E-state index contributed by atoms with van der Waals surface area (Å²) in [7, 11) is 0. The maximum atomic E-state index is 12.9. The summed E-state index contributed by atoms with van der Waals surface area (Å²) in [5.74, 6) is -0.218. The van der Waals surface area contributed by atoms with Crippen LogP contribution in [0.4, 0.5) is 5.69 Å². The van der Waals surface area contributed by atoms with E-state index in [1.807, 2.05) is 43.3 Å². The first-order valence-electron chi connectivity index (χ1n) is 9.56. The maximum Gasteiger partial charge on any atom is 0.354 e. The molecular formula is C21H24N4O4. The van der Waals surface area contributed by atoms with E-state index in [-0.39, 0.29) is 24.6 Å². The van der Waals surface area contributed by atoms with Crippen molar-refractivity contribution < 1.29 is 19.1 Å². The number of carbonyl (C=O) groups excluding carboxylic acids is 2. The third-order valence-corrected chi connectivity index (χ3v) is 4.30. The van der Waals surface area contributed by atoms with Gasteiger partial charge in [0, 0.05) is 25.2 Å². The highest BCUT2D eigenvalue weighted by atomic mass is 16.5. The van der Waals surface area contributed by atoms with Crippen molar-refractivity contribution >= 4 is 23.3 Å². The van der Waals surface area contributed by atoms with Gasteiger partial charge in [0.15, 0.2) is 0 Å². The molecule has 29 heavy (non-hydrogen) atoms. The molecule has 1 unspecified atom stereocenters. The van der Waals surface area contributed by atoms with E-state index in [4.69, 9.17) is 9.47 Å². The summed E-state index contributed by atoms with van der Waals surface area (Å²) in [6, 6.07) is 12.2. The van der Waals surface area contributed by atoms with Gasteiger partial charge in [0.25, 0.3) is 0 Å². The van der Waals surface area contributed by atoms with Gasteiger partial charge in [0.05, 0.1) is 18.9 Å². The van der Waals surface area contributed by atoms with E-state index in [9.17, 15) is 9.59 Å². The molecule has 1 atom stereocenters. The van der Waals surface area contributed by atoms with E-state index in [0.717, 1.165) is 11.3 Å². The summed E-state index contributed by atoms with van der Waals surface area (Å²) in [5, 5.41) is 8.84. The lowest BCUT2D eigenvalue weighted by Crippen LogP contribution is -2.42. The van der Waals surface area contributed by atoms with Crippen LogP contribution in [-0.4, -0.2) is 41.8 Å². The van der Waals surface area contributed by atoms with Gasteiger partial charge in [-0.25, -0.2) is 9.78 Å². The van der Waals surface area contributed by atoms with Gasteiger partial charge in [-0.15, -0.1) is 0 Å². The Bertz CT molecular complexity index is 885. The van der Waals surface area contributed by atoms with Crippen LogP contribution in [0.15, 0.2) is 53.8 Å². The molecule has 2 heterocycles. The van der Waals surface area contributed by atoms with Crippen LogP contribution in [0.25, 0.3) is 0 Å². The Morgan fingerprint density at radius 1 is 1.17 bits per heavy atom. The zero-order valence-corrected chi connectivity index (χ0v) is 16.5. The minimum atomic E-state index is -0.634. The third-order valence-electron chi connectivity index (χ3n) is 4.30. The van der Waals surface area contributed by atoms with E-state index in [2.05, 4.69) is 15.4 Å². The number of pyridine rings is 1. The van der Waals surface area contributed by atoms with Crippen molar-refractivity contribution in [3.8, 4) is 5.88 Å². The number of nitrogens with zero attached hydrogens (tertiary/aromatic N) is 3. The molecule has 0 saturated carbocycles. The van der Waals surface area contributed by atoms with Gasteiger partial charge >= 0.3 is 5.97 Å². The first kappa shape index (κ1) is 20.3. The average molecular weight is 396 g/mol. The van der Waals surface area contributed by atoms with Crippen molar-refractivity contribution in [1.82, 2.24) is 10.3 Å². The van der Waals surface area contributed by atoms with Gasteiger partial charge in [0.2, 0.25) is 11.8 Å². The largest absolute Gasteiger partial charge is 0.478 e. The Morgan fingerprint density at radius 3 is 2.69 bits per heavy atom. The van der Waals surface area contributed by atoms with Crippen LogP contribution in [0.1, 0.15) is 25.8 Å². The Hall–Kier alpha value is -3.42. The molecule has 1 amide bonds. The number of amides is 1. The fourth-order valence-corrected chi connectivity index (χ4v) is 2.97.